The van der Waals surface area contributed by atoms with Gasteiger partial charge in [0.2, 0.25) is 11.8 Å². The van der Waals surface area contributed by atoms with Gasteiger partial charge < -0.3 is 15.4 Å². The zero-order valence-corrected chi connectivity index (χ0v) is 25.5. The van der Waals surface area contributed by atoms with Crippen LogP contribution in [0.3, 0.4) is 0 Å². The molecule has 2 atom stereocenters. The van der Waals surface area contributed by atoms with Gasteiger partial charge in [0.05, 0.1) is 17.9 Å². The Kier molecular flexibility index (Phi) is 9.74. The molecule has 0 aliphatic heterocycles. The van der Waals surface area contributed by atoms with Crippen molar-refractivity contribution in [2.75, 3.05) is 17.7 Å². The van der Waals surface area contributed by atoms with Crippen LogP contribution in [0.15, 0.2) is 59.5 Å². The Morgan fingerprint density at radius 1 is 1.07 bits per heavy atom. The van der Waals surface area contributed by atoms with Gasteiger partial charge in [0.15, 0.2) is 0 Å². The second-order valence-electron chi connectivity index (χ2n) is 11.4. The van der Waals surface area contributed by atoms with Gasteiger partial charge in [-0.1, -0.05) is 64.1 Å². The highest BCUT2D eigenvalue weighted by atomic mass is 32.2. The number of methoxy groups -OCH3 is 1. The molecular formula is C32H38N2O4S2. The number of amides is 2. The van der Waals surface area contributed by atoms with Crippen molar-refractivity contribution in [3.8, 4) is 0 Å². The first kappa shape index (κ1) is 29.9. The molecule has 0 saturated carbocycles. The average molecular weight is 579 g/mol. The van der Waals surface area contributed by atoms with Crippen LogP contribution in [0.5, 0.6) is 0 Å². The van der Waals surface area contributed by atoms with Gasteiger partial charge >= 0.3 is 5.97 Å². The third kappa shape index (κ3) is 7.55. The first-order chi connectivity index (χ1) is 19.1. The van der Waals surface area contributed by atoms with Crippen LogP contribution in [0.1, 0.15) is 79.2 Å². The molecule has 2 N–H and O–H groups in total. The Morgan fingerprint density at radius 3 is 2.50 bits per heavy atom. The van der Waals surface area contributed by atoms with Crippen LogP contribution >= 0.6 is 23.1 Å². The fourth-order valence-electron chi connectivity index (χ4n) is 5.01. The minimum Gasteiger partial charge on any atom is -0.465 e. The van der Waals surface area contributed by atoms with Gasteiger partial charge in [0.25, 0.3) is 0 Å². The maximum absolute atomic E-state index is 13.5. The molecule has 4 rings (SSSR count). The highest BCUT2D eigenvalue weighted by Gasteiger charge is 2.31. The molecule has 1 aromatic heterocycles. The molecule has 2 aromatic carbocycles. The molecular weight excluding hydrogens is 540 g/mol. The molecule has 0 fully saturated rings. The van der Waals surface area contributed by atoms with Crippen molar-refractivity contribution in [2.24, 2.45) is 5.41 Å². The van der Waals surface area contributed by atoms with Crippen molar-refractivity contribution in [3.05, 3.63) is 76.2 Å². The number of fused-ring (bicyclic) bond motifs is 1. The van der Waals surface area contributed by atoms with Crippen molar-refractivity contribution >= 4 is 51.6 Å². The monoisotopic (exact) mass is 578 g/mol. The van der Waals surface area contributed by atoms with Crippen LogP contribution in [0, 0.1) is 5.41 Å². The highest BCUT2D eigenvalue weighted by Crippen LogP contribution is 2.43. The van der Waals surface area contributed by atoms with E-state index in [2.05, 4.69) is 34.9 Å². The number of hydrogen-bond acceptors (Lipinski definition) is 6. The summed E-state index contributed by atoms with van der Waals surface area (Å²) in [7, 11) is 1.38. The van der Waals surface area contributed by atoms with Crippen molar-refractivity contribution in [3.63, 3.8) is 0 Å². The van der Waals surface area contributed by atoms with Crippen LogP contribution in [-0.4, -0.2) is 30.1 Å². The Bertz CT molecular complexity index is 1360. The van der Waals surface area contributed by atoms with Crippen molar-refractivity contribution < 1.29 is 19.1 Å². The van der Waals surface area contributed by atoms with Gasteiger partial charge in [-0.2, -0.15) is 0 Å². The number of carbonyl (C=O) groups is 3. The maximum atomic E-state index is 13.5. The topological polar surface area (TPSA) is 84.5 Å². The van der Waals surface area contributed by atoms with Gasteiger partial charge in [0.1, 0.15) is 5.00 Å². The number of anilines is 2. The summed E-state index contributed by atoms with van der Waals surface area (Å²) >= 11 is 2.94. The molecule has 1 aliphatic carbocycles. The average Bonchev–Trinajstić information content (AvgIpc) is 3.27. The number of nitrogens with one attached hydrogen (secondary N) is 2. The summed E-state index contributed by atoms with van der Waals surface area (Å²) < 4.78 is 5.13. The molecule has 3 aromatic rings. The molecule has 8 heteroatoms. The number of hydrogen-bond donors (Lipinski definition) is 2. The summed E-state index contributed by atoms with van der Waals surface area (Å²) in [4.78, 5) is 40.7. The fraction of sp³-hybridized carbons (Fsp3) is 0.406. The van der Waals surface area contributed by atoms with E-state index in [1.807, 2.05) is 58.0 Å². The lowest BCUT2D eigenvalue weighted by atomic mass is 9.83. The molecule has 0 bridgehead atoms. The lowest BCUT2D eigenvalue weighted by molar-refractivity contribution is -0.118. The highest BCUT2D eigenvalue weighted by molar-refractivity contribution is 8.00. The quantitative estimate of drug-likeness (QED) is 0.201. The van der Waals surface area contributed by atoms with Crippen molar-refractivity contribution in [1.82, 2.24) is 0 Å². The molecule has 6 nitrogen and oxygen atoms in total. The van der Waals surface area contributed by atoms with Crippen molar-refractivity contribution in [1.29, 1.82) is 0 Å². The summed E-state index contributed by atoms with van der Waals surface area (Å²) in [6, 6.07) is 18.0. The van der Waals surface area contributed by atoms with E-state index in [1.165, 1.54) is 35.8 Å². The summed E-state index contributed by atoms with van der Waals surface area (Å²) in [5.41, 5.74) is 3.39. The van der Waals surface area contributed by atoms with E-state index in [1.54, 1.807) is 0 Å². The predicted octanol–water partition coefficient (Wildman–Crippen LogP) is 7.69. The zero-order valence-electron chi connectivity index (χ0n) is 23.8. The number of benzene rings is 2. The Morgan fingerprint density at radius 2 is 1.82 bits per heavy atom. The van der Waals surface area contributed by atoms with E-state index < -0.39 is 5.97 Å². The molecule has 0 spiro atoms. The van der Waals surface area contributed by atoms with Crippen LogP contribution in [-0.2, 0) is 27.2 Å². The lowest BCUT2D eigenvalue weighted by Crippen LogP contribution is -2.25. The minimum atomic E-state index is -0.412. The smallest absolute Gasteiger partial charge is 0.341 e. The van der Waals surface area contributed by atoms with Gasteiger partial charge in [-0.25, -0.2) is 4.79 Å². The number of carbonyl (C=O) groups excluding carboxylic acids is 3. The largest absolute Gasteiger partial charge is 0.465 e. The van der Waals surface area contributed by atoms with E-state index in [0.717, 1.165) is 34.6 Å². The molecule has 1 aliphatic rings. The number of esters is 1. The first-order valence-corrected chi connectivity index (χ1v) is 15.4. The van der Waals surface area contributed by atoms with Gasteiger partial charge in [-0.3, -0.25) is 9.59 Å². The van der Waals surface area contributed by atoms with E-state index in [9.17, 15) is 14.4 Å². The van der Waals surface area contributed by atoms with Gasteiger partial charge in [-0.15, -0.1) is 23.1 Å². The molecule has 2 amide bonds. The Balaban J connectivity index is 1.49. The van der Waals surface area contributed by atoms with Crippen LogP contribution < -0.4 is 10.6 Å². The number of rotatable bonds is 9. The van der Waals surface area contributed by atoms with E-state index in [4.69, 9.17) is 4.74 Å². The molecule has 0 saturated heterocycles. The van der Waals surface area contributed by atoms with Crippen LogP contribution in [0.4, 0.5) is 10.7 Å². The summed E-state index contributed by atoms with van der Waals surface area (Å²) in [6.45, 7) is 8.05. The van der Waals surface area contributed by atoms with Gasteiger partial charge in [-0.05, 0) is 66.3 Å². The van der Waals surface area contributed by atoms with E-state index in [0.29, 0.717) is 35.0 Å². The van der Waals surface area contributed by atoms with E-state index >= 15 is 0 Å². The second kappa shape index (κ2) is 13.0. The SMILES string of the molecule is CCC(Sc1cccc(NC(=O)CC(C)(C)C)c1)C(=O)Nc1sc2c(c1C(=O)OC)CCC(c1ccccc1)C2. The standard InChI is InChI=1S/C32H38N2O4S2/c1-6-25(39-23-14-10-13-22(18-23)33-27(35)19-32(2,3)4)29(36)34-30-28(31(37)38-5)24-16-15-21(17-26(24)40-30)20-11-8-7-9-12-20/h7-14,18,21,25H,6,15-17,19H2,1-5H3,(H,33,35)(H,34,36). The Labute approximate surface area is 245 Å². The number of ether oxygens (including phenoxy) is 1. The van der Waals surface area contributed by atoms with Crippen LogP contribution in [0.25, 0.3) is 0 Å². The molecule has 2 unspecified atom stereocenters. The molecule has 0 radical (unpaired) electrons. The van der Waals surface area contributed by atoms with Crippen LogP contribution in [0.2, 0.25) is 0 Å². The van der Waals surface area contributed by atoms with E-state index in [-0.39, 0.29) is 22.5 Å². The third-order valence-corrected chi connectivity index (χ3v) is 9.44. The normalized spacial score (nSPS) is 15.6. The number of thiophene rings is 1. The number of thioether (sulfide) groups is 1. The van der Waals surface area contributed by atoms with Crippen molar-refractivity contribution in [2.45, 2.75) is 75.9 Å². The summed E-state index contributed by atoms with van der Waals surface area (Å²) in [5.74, 6) is -0.217. The summed E-state index contributed by atoms with van der Waals surface area (Å²) in [5, 5.41) is 6.23. The third-order valence-electron chi connectivity index (χ3n) is 6.91. The molecule has 1 heterocycles. The second-order valence-corrected chi connectivity index (χ2v) is 13.7. The maximum Gasteiger partial charge on any atom is 0.341 e. The first-order valence-electron chi connectivity index (χ1n) is 13.7. The predicted molar refractivity (Wildman–Crippen MR) is 165 cm³/mol. The molecule has 212 valence electrons. The molecule has 40 heavy (non-hydrogen) atoms. The summed E-state index contributed by atoms with van der Waals surface area (Å²) in [6.07, 6.45) is 3.58. The lowest BCUT2D eigenvalue weighted by Gasteiger charge is -2.22. The zero-order chi connectivity index (χ0) is 28.9. The fourth-order valence-corrected chi connectivity index (χ4v) is 7.35. The Hall–Kier alpha value is -3.10. The van der Waals surface area contributed by atoms with Gasteiger partial charge in [0, 0.05) is 21.9 Å². The minimum absolute atomic E-state index is 0.0362.